The number of amides is 1. The van der Waals surface area contributed by atoms with Crippen molar-refractivity contribution in [3.05, 3.63) is 0 Å². The summed E-state index contributed by atoms with van der Waals surface area (Å²) in [4.78, 5) is 24.4. The van der Waals surface area contributed by atoms with Crippen molar-refractivity contribution >= 4 is 13.7 Å². The average molecular weight is 481 g/mol. The minimum absolute atomic E-state index is 0.0129. The maximum atomic E-state index is 12.3. The standard InChI is InChI=1S/C23H49N2O6P/c1-6-8-10-12-13-14-16-22(26)21(24-23(27)17-15-11-9-7-2)20-31-32(28,29)30-19-18-25(3,4)5/h21-22,26H,6-20H2,1-5H3,(H-,24,27,28,29). The topological polar surface area (TPSA) is 108 Å². The second-order valence-electron chi connectivity index (χ2n) is 9.70. The van der Waals surface area contributed by atoms with Crippen LogP contribution in [0.5, 0.6) is 0 Å². The van der Waals surface area contributed by atoms with Crippen molar-refractivity contribution < 1.29 is 32.9 Å². The van der Waals surface area contributed by atoms with Crippen LogP contribution in [-0.2, 0) is 18.4 Å². The molecule has 0 aliphatic heterocycles. The highest BCUT2D eigenvalue weighted by Crippen LogP contribution is 2.38. The Kier molecular flexibility index (Phi) is 17.6. The van der Waals surface area contributed by atoms with Gasteiger partial charge in [0.15, 0.2) is 0 Å². The third-order valence-corrected chi connectivity index (χ3v) is 6.31. The van der Waals surface area contributed by atoms with E-state index in [4.69, 9.17) is 9.05 Å². The molecule has 192 valence electrons. The molecule has 0 fully saturated rings. The lowest BCUT2D eigenvalue weighted by Gasteiger charge is -2.30. The van der Waals surface area contributed by atoms with Crippen LogP contribution in [0.2, 0.25) is 0 Å². The van der Waals surface area contributed by atoms with Crippen LogP contribution < -0.4 is 10.2 Å². The van der Waals surface area contributed by atoms with Crippen molar-refractivity contribution in [3.63, 3.8) is 0 Å². The van der Waals surface area contributed by atoms with Crippen molar-refractivity contribution in [2.45, 2.75) is 103 Å². The Morgan fingerprint density at radius 1 is 0.969 bits per heavy atom. The van der Waals surface area contributed by atoms with Crippen LogP contribution in [0.25, 0.3) is 0 Å². The van der Waals surface area contributed by atoms with Crippen molar-refractivity contribution in [1.82, 2.24) is 5.32 Å². The first kappa shape index (κ1) is 31.5. The average Bonchev–Trinajstić information content (AvgIpc) is 2.69. The number of phosphoric acid groups is 1. The Morgan fingerprint density at radius 3 is 2.12 bits per heavy atom. The Balaban J connectivity index is 4.67. The molecule has 32 heavy (non-hydrogen) atoms. The summed E-state index contributed by atoms with van der Waals surface area (Å²) in [7, 11) is 1.29. The molecule has 0 saturated heterocycles. The number of quaternary nitrogens is 1. The van der Waals surface area contributed by atoms with Crippen LogP contribution in [0.15, 0.2) is 0 Å². The lowest BCUT2D eigenvalue weighted by Crippen LogP contribution is -2.46. The molecule has 0 saturated carbocycles. The number of aliphatic hydroxyl groups is 1. The number of likely N-dealkylation sites (N-methyl/N-ethyl adjacent to an activating group) is 1. The molecule has 1 amide bonds. The second kappa shape index (κ2) is 17.9. The fourth-order valence-electron chi connectivity index (χ4n) is 3.21. The number of phosphoric ester groups is 1. The minimum atomic E-state index is -4.51. The first-order valence-corrected chi connectivity index (χ1v) is 13.8. The van der Waals surface area contributed by atoms with Gasteiger partial charge in [-0.15, -0.1) is 0 Å². The van der Waals surface area contributed by atoms with Crippen LogP contribution in [0.3, 0.4) is 0 Å². The normalized spacial score (nSPS) is 15.8. The zero-order chi connectivity index (χ0) is 24.5. The summed E-state index contributed by atoms with van der Waals surface area (Å²) >= 11 is 0. The van der Waals surface area contributed by atoms with Gasteiger partial charge in [0.2, 0.25) is 5.91 Å². The number of unbranched alkanes of at least 4 members (excludes halogenated alkanes) is 8. The molecule has 0 aromatic rings. The van der Waals surface area contributed by atoms with Gasteiger partial charge in [-0.25, -0.2) is 0 Å². The third-order valence-electron chi connectivity index (χ3n) is 5.35. The smallest absolute Gasteiger partial charge is 0.268 e. The van der Waals surface area contributed by atoms with Gasteiger partial charge >= 0.3 is 0 Å². The van der Waals surface area contributed by atoms with E-state index in [1.807, 2.05) is 21.1 Å². The molecule has 3 unspecified atom stereocenters. The highest BCUT2D eigenvalue weighted by molar-refractivity contribution is 7.45. The summed E-state index contributed by atoms with van der Waals surface area (Å²) in [5, 5.41) is 13.4. The third kappa shape index (κ3) is 19.0. The monoisotopic (exact) mass is 480 g/mol. The summed E-state index contributed by atoms with van der Waals surface area (Å²) in [6, 6.07) is -0.784. The van der Waals surface area contributed by atoms with Gasteiger partial charge in [0, 0.05) is 6.42 Å². The van der Waals surface area contributed by atoms with E-state index in [9.17, 15) is 19.4 Å². The fraction of sp³-hybridized carbons (Fsp3) is 0.957. The number of rotatable bonds is 21. The zero-order valence-electron chi connectivity index (χ0n) is 21.1. The van der Waals surface area contributed by atoms with E-state index in [1.54, 1.807) is 0 Å². The number of carbonyl (C=O) groups is 1. The first-order chi connectivity index (χ1) is 15.0. The van der Waals surface area contributed by atoms with Gasteiger partial charge in [0.05, 0.1) is 39.9 Å². The molecule has 8 nitrogen and oxygen atoms in total. The van der Waals surface area contributed by atoms with E-state index >= 15 is 0 Å². The van der Waals surface area contributed by atoms with Crippen LogP contribution in [0.1, 0.15) is 90.9 Å². The summed E-state index contributed by atoms with van der Waals surface area (Å²) in [6.07, 6.45) is 10.4. The van der Waals surface area contributed by atoms with E-state index < -0.39 is 20.0 Å². The maximum Gasteiger partial charge on any atom is 0.268 e. The van der Waals surface area contributed by atoms with E-state index in [1.165, 1.54) is 19.3 Å². The molecule has 2 N–H and O–H groups in total. The predicted molar refractivity (Wildman–Crippen MR) is 127 cm³/mol. The maximum absolute atomic E-state index is 12.3. The first-order valence-electron chi connectivity index (χ1n) is 12.4. The van der Waals surface area contributed by atoms with Crippen molar-refractivity contribution in [3.8, 4) is 0 Å². The highest BCUT2D eigenvalue weighted by Gasteiger charge is 2.24. The number of aliphatic hydroxyl groups excluding tert-OH is 1. The molecular weight excluding hydrogens is 431 g/mol. The lowest BCUT2D eigenvalue weighted by atomic mass is 10.0. The molecule has 0 radical (unpaired) electrons. The van der Waals surface area contributed by atoms with Crippen LogP contribution in [-0.4, -0.2) is 68.5 Å². The number of hydrogen-bond donors (Lipinski definition) is 2. The van der Waals surface area contributed by atoms with Gasteiger partial charge in [0.1, 0.15) is 13.2 Å². The molecule has 3 atom stereocenters. The molecule has 0 spiro atoms. The number of nitrogens with zero attached hydrogens (tertiary/aromatic N) is 1. The van der Waals surface area contributed by atoms with Gasteiger partial charge in [-0.2, -0.15) is 0 Å². The highest BCUT2D eigenvalue weighted by atomic mass is 31.2. The Bertz CT molecular complexity index is 527. The summed E-state index contributed by atoms with van der Waals surface area (Å²) in [5.41, 5.74) is 0. The molecule has 0 aromatic carbocycles. The molecule has 0 heterocycles. The van der Waals surface area contributed by atoms with Crippen molar-refractivity contribution in [1.29, 1.82) is 0 Å². The van der Waals surface area contributed by atoms with Crippen molar-refractivity contribution in [2.24, 2.45) is 0 Å². The van der Waals surface area contributed by atoms with Gasteiger partial charge < -0.3 is 28.8 Å². The van der Waals surface area contributed by atoms with Crippen LogP contribution in [0.4, 0.5) is 0 Å². The molecule has 9 heteroatoms. The van der Waals surface area contributed by atoms with Gasteiger partial charge in [-0.3, -0.25) is 9.36 Å². The quantitative estimate of drug-likeness (QED) is 0.147. The summed E-state index contributed by atoms with van der Waals surface area (Å²) in [5.74, 6) is -0.191. The van der Waals surface area contributed by atoms with E-state index in [0.717, 1.165) is 44.9 Å². The molecule has 0 bridgehead atoms. The van der Waals surface area contributed by atoms with Gasteiger partial charge in [-0.05, 0) is 12.8 Å². The summed E-state index contributed by atoms with van der Waals surface area (Å²) in [6.45, 7) is 4.46. The zero-order valence-corrected chi connectivity index (χ0v) is 22.0. The molecular formula is C23H49N2O6P. The van der Waals surface area contributed by atoms with Gasteiger partial charge in [0.25, 0.3) is 7.82 Å². The number of hydrogen-bond acceptors (Lipinski definition) is 6. The lowest BCUT2D eigenvalue weighted by molar-refractivity contribution is -0.870. The number of carbonyl (C=O) groups excluding carboxylic acids is 1. The van der Waals surface area contributed by atoms with Crippen LogP contribution in [0, 0.1) is 0 Å². The van der Waals surface area contributed by atoms with E-state index in [2.05, 4.69) is 19.2 Å². The summed E-state index contributed by atoms with van der Waals surface area (Å²) < 4.78 is 22.6. The Hall–Kier alpha value is -0.500. The molecule has 0 aliphatic rings. The van der Waals surface area contributed by atoms with Crippen LogP contribution >= 0.6 is 7.82 Å². The SMILES string of the molecule is CCCCCCCCC(O)C(COP(=O)([O-])OCC[N+](C)(C)C)NC(=O)CCCCCC. The van der Waals surface area contributed by atoms with E-state index in [-0.39, 0.29) is 19.1 Å². The number of nitrogens with one attached hydrogen (secondary N) is 1. The molecule has 0 rings (SSSR count). The largest absolute Gasteiger partial charge is 0.756 e. The Labute approximate surface area is 196 Å². The Morgan fingerprint density at radius 2 is 1.53 bits per heavy atom. The van der Waals surface area contributed by atoms with E-state index in [0.29, 0.717) is 23.9 Å². The molecule has 0 aromatic heterocycles. The van der Waals surface area contributed by atoms with Gasteiger partial charge in [-0.1, -0.05) is 71.6 Å². The molecule has 0 aliphatic carbocycles. The fourth-order valence-corrected chi connectivity index (χ4v) is 3.93. The minimum Gasteiger partial charge on any atom is -0.756 e. The predicted octanol–water partition coefficient (Wildman–Crippen LogP) is 3.76. The van der Waals surface area contributed by atoms with Crippen molar-refractivity contribution in [2.75, 3.05) is 40.9 Å². The second-order valence-corrected chi connectivity index (χ2v) is 11.1.